The topological polar surface area (TPSA) is 27.7 Å². The summed E-state index contributed by atoms with van der Waals surface area (Å²) < 4.78 is 5.47. The van der Waals surface area contributed by atoms with Gasteiger partial charge >= 0.3 is 0 Å². The fourth-order valence-electron chi connectivity index (χ4n) is 3.51. The molecule has 0 bridgehead atoms. The Hall–Kier alpha value is -0.160. The number of nitrogens with one attached hydrogen (secondary N) is 1. The predicted octanol–water partition coefficient (Wildman–Crippen LogP) is 1.66. The zero-order valence-corrected chi connectivity index (χ0v) is 14.5. The second-order valence-electron chi connectivity index (χ2n) is 7.36. The van der Waals surface area contributed by atoms with E-state index < -0.39 is 0 Å². The summed E-state index contributed by atoms with van der Waals surface area (Å²) in [4.78, 5) is 5.33. The van der Waals surface area contributed by atoms with E-state index in [0.717, 1.165) is 51.4 Å². The second-order valence-corrected chi connectivity index (χ2v) is 7.36. The first kappa shape index (κ1) is 17.2. The van der Waals surface area contributed by atoms with Crippen molar-refractivity contribution in [1.82, 2.24) is 15.1 Å². The monoisotopic (exact) mass is 297 g/mol. The smallest absolute Gasteiger partial charge is 0.0594 e. The maximum absolute atomic E-state index is 5.47. The molecule has 2 fully saturated rings. The maximum atomic E-state index is 5.47. The molecule has 0 aromatic carbocycles. The number of hydrogen-bond acceptors (Lipinski definition) is 4. The van der Waals surface area contributed by atoms with Crippen LogP contribution >= 0.6 is 0 Å². The van der Waals surface area contributed by atoms with E-state index in [1.54, 1.807) is 0 Å². The zero-order chi connectivity index (χ0) is 15.2. The van der Waals surface area contributed by atoms with E-state index in [4.69, 9.17) is 4.74 Å². The van der Waals surface area contributed by atoms with Gasteiger partial charge < -0.3 is 10.1 Å². The standard InChI is InChI=1S/C17H35N3O/c1-14(2)11-18-12-15(3)16(4)20-6-5-17(13-20)19-7-9-21-10-8-19/h14-18H,5-13H2,1-4H3. The lowest BCUT2D eigenvalue weighted by molar-refractivity contribution is 0.0172. The summed E-state index contributed by atoms with van der Waals surface area (Å²) in [6.45, 7) is 18.2. The highest BCUT2D eigenvalue weighted by Gasteiger charge is 2.32. The molecule has 124 valence electrons. The number of ether oxygens (including phenoxy) is 1. The van der Waals surface area contributed by atoms with E-state index in [1.165, 1.54) is 19.5 Å². The first-order valence-corrected chi connectivity index (χ1v) is 8.84. The van der Waals surface area contributed by atoms with E-state index in [0.29, 0.717) is 12.0 Å². The molecule has 0 aromatic rings. The van der Waals surface area contributed by atoms with Crippen molar-refractivity contribution < 1.29 is 4.74 Å². The van der Waals surface area contributed by atoms with Gasteiger partial charge in [-0.3, -0.25) is 9.80 Å². The number of hydrogen-bond donors (Lipinski definition) is 1. The van der Waals surface area contributed by atoms with Crippen molar-refractivity contribution in [3.8, 4) is 0 Å². The normalized spacial score (nSPS) is 28.1. The third kappa shape index (κ3) is 5.20. The van der Waals surface area contributed by atoms with E-state index >= 15 is 0 Å². The highest BCUT2D eigenvalue weighted by atomic mass is 16.5. The van der Waals surface area contributed by atoms with E-state index in [2.05, 4.69) is 42.8 Å². The van der Waals surface area contributed by atoms with Crippen LogP contribution in [-0.2, 0) is 4.74 Å². The Morgan fingerprint density at radius 2 is 1.76 bits per heavy atom. The van der Waals surface area contributed by atoms with E-state index in [-0.39, 0.29) is 0 Å². The van der Waals surface area contributed by atoms with E-state index in [1.807, 2.05) is 0 Å². The Kier molecular flexibility index (Phi) is 6.93. The molecule has 0 amide bonds. The molecule has 4 heteroatoms. The number of morpholine rings is 1. The van der Waals surface area contributed by atoms with Crippen LogP contribution in [0.2, 0.25) is 0 Å². The summed E-state index contributed by atoms with van der Waals surface area (Å²) in [6.07, 6.45) is 1.33. The van der Waals surface area contributed by atoms with Crippen molar-refractivity contribution in [1.29, 1.82) is 0 Å². The van der Waals surface area contributed by atoms with Crippen molar-refractivity contribution in [3.05, 3.63) is 0 Å². The minimum atomic E-state index is 0.677. The van der Waals surface area contributed by atoms with Crippen LogP contribution in [0.25, 0.3) is 0 Å². The van der Waals surface area contributed by atoms with Gasteiger partial charge in [0, 0.05) is 38.3 Å². The molecule has 3 unspecified atom stereocenters. The van der Waals surface area contributed by atoms with Gasteiger partial charge in [-0.1, -0.05) is 20.8 Å². The van der Waals surface area contributed by atoms with Gasteiger partial charge in [0.2, 0.25) is 0 Å². The van der Waals surface area contributed by atoms with Crippen molar-refractivity contribution in [2.75, 3.05) is 52.5 Å². The molecule has 4 nitrogen and oxygen atoms in total. The van der Waals surface area contributed by atoms with Gasteiger partial charge in [-0.2, -0.15) is 0 Å². The first-order chi connectivity index (χ1) is 10.1. The molecule has 0 spiro atoms. The second kappa shape index (κ2) is 8.47. The summed E-state index contributed by atoms with van der Waals surface area (Å²) in [5.74, 6) is 1.46. The minimum Gasteiger partial charge on any atom is -0.379 e. The minimum absolute atomic E-state index is 0.677. The highest BCUT2D eigenvalue weighted by molar-refractivity contribution is 4.88. The molecule has 0 radical (unpaired) electrons. The highest BCUT2D eigenvalue weighted by Crippen LogP contribution is 2.22. The first-order valence-electron chi connectivity index (χ1n) is 8.84. The van der Waals surface area contributed by atoms with Crippen molar-refractivity contribution in [3.63, 3.8) is 0 Å². The molecule has 2 rings (SSSR count). The maximum Gasteiger partial charge on any atom is 0.0594 e. The SMILES string of the molecule is CC(C)CNCC(C)C(C)N1CCC(N2CCOCC2)C1. The third-order valence-corrected chi connectivity index (χ3v) is 5.18. The molecule has 3 atom stereocenters. The average Bonchev–Trinajstić information content (AvgIpc) is 2.96. The zero-order valence-electron chi connectivity index (χ0n) is 14.5. The molecule has 0 aliphatic carbocycles. The molecule has 1 N–H and O–H groups in total. The molecular weight excluding hydrogens is 262 g/mol. The van der Waals surface area contributed by atoms with Crippen molar-refractivity contribution in [2.45, 2.75) is 46.2 Å². The van der Waals surface area contributed by atoms with Crippen LogP contribution in [0.15, 0.2) is 0 Å². The number of nitrogens with zero attached hydrogens (tertiary/aromatic N) is 2. The predicted molar refractivity (Wildman–Crippen MR) is 88.7 cm³/mol. The quantitative estimate of drug-likeness (QED) is 0.773. The van der Waals surface area contributed by atoms with Gasteiger partial charge in [0.25, 0.3) is 0 Å². The fraction of sp³-hybridized carbons (Fsp3) is 1.00. The largest absolute Gasteiger partial charge is 0.379 e. The summed E-state index contributed by atoms with van der Waals surface area (Å²) >= 11 is 0. The lowest BCUT2D eigenvalue weighted by Crippen LogP contribution is -2.46. The van der Waals surface area contributed by atoms with Crippen molar-refractivity contribution in [2.24, 2.45) is 11.8 Å². The lowest BCUT2D eigenvalue weighted by atomic mass is 10.0. The molecular formula is C17H35N3O. The van der Waals surface area contributed by atoms with Gasteiger partial charge in [-0.15, -0.1) is 0 Å². The third-order valence-electron chi connectivity index (χ3n) is 5.18. The van der Waals surface area contributed by atoms with Gasteiger partial charge in [0.05, 0.1) is 13.2 Å². The Balaban J connectivity index is 1.71. The Bertz CT molecular complexity index is 292. The average molecular weight is 297 g/mol. The van der Waals surface area contributed by atoms with Crippen molar-refractivity contribution >= 4 is 0 Å². The van der Waals surface area contributed by atoms with Crippen LogP contribution in [-0.4, -0.2) is 74.4 Å². The van der Waals surface area contributed by atoms with Gasteiger partial charge in [0.1, 0.15) is 0 Å². The van der Waals surface area contributed by atoms with Crippen LogP contribution in [0, 0.1) is 11.8 Å². The number of likely N-dealkylation sites (tertiary alicyclic amines) is 1. The van der Waals surface area contributed by atoms with Crippen LogP contribution in [0.5, 0.6) is 0 Å². The molecule has 2 aliphatic rings. The van der Waals surface area contributed by atoms with Crippen LogP contribution in [0.1, 0.15) is 34.1 Å². The number of rotatable bonds is 7. The molecule has 2 saturated heterocycles. The van der Waals surface area contributed by atoms with E-state index in [9.17, 15) is 0 Å². The Morgan fingerprint density at radius 1 is 1.05 bits per heavy atom. The molecule has 21 heavy (non-hydrogen) atoms. The molecule has 0 saturated carbocycles. The van der Waals surface area contributed by atoms with Crippen LogP contribution in [0.4, 0.5) is 0 Å². The lowest BCUT2D eigenvalue weighted by Gasteiger charge is -2.34. The molecule has 0 aromatic heterocycles. The van der Waals surface area contributed by atoms with Crippen LogP contribution in [0.3, 0.4) is 0 Å². The summed E-state index contributed by atoms with van der Waals surface area (Å²) in [5.41, 5.74) is 0. The summed E-state index contributed by atoms with van der Waals surface area (Å²) in [7, 11) is 0. The van der Waals surface area contributed by atoms with Gasteiger partial charge in [-0.25, -0.2) is 0 Å². The summed E-state index contributed by atoms with van der Waals surface area (Å²) in [6, 6.07) is 1.43. The fourth-order valence-corrected chi connectivity index (χ4v) is 3.51. The van der Waals surface area contributed by atoms with Crippen LogP contribution < -0.4 is 5.32 Å². The Labute approximate surface area is 131 Å². The van der Waals surface area contributed by atoms with Gasteiger partial charge in [-0.05, 0) is 38.3 Å². The van der Waals surface area contributed by atoms with Gasteiger partial charge in [0.15, 0.2) is 0 Å². The summed E-state index contributed by atoms with van der Waals surface area (Å²) in [5, 5.41) is 3.61. The Morgan fingerprint density at radius 3 is 2.43 bits per heavy atom. The molecule has 2 aliphatic heterocycles. The molecule has 2 heterocycles.